The molecule has 23 heteroatoms. The molecule has 0 saturated carbocycles. The summed E-state index contributed by atoms with van der Waals surface area (Å²) in [6, 6.07) is 36.8. The largest absolute Gasteiger partial charge is 0.493 e. The van der Waals surface area contributed by atoms with E-state index in [9.17, 15) is 47.2 Å². The van der Waals surface area contributed by atoms with E-state index in [1.165, 1.54) is 86.6 Å². The van der Waals surface area contributed by atoms with Gasteiger partial charge in [0.25, 0.3) is 11.1 Å². The van der Waals surface area contributed by atoms with Gasteiger partial charge in [-0.25, -0.2) is 0 Å². The summed E-state index contributed by atoms with van der Waals surface area (Å²) < 4.78 is 84.8. The fourth-order valence-electron chi connectivity index (χ4n) is 8.23. The summed E-state index contributed by atoms with van der Waals surface area (Å²) >= 11 is 0. The zero-order valence-corrected chi connectivity index (χ0v) is 45.9. The van der Waals surface area contributed by atoms with Crippen LogP contribution in [-0.4, -0.2) is 69.2 Å². The predicted octanol–water partition coefficient (Wildman–Crippen LogP) is 10.4. The molecule has 414 valence electrons. The molecule has 0 aliphatic carbocycles. The monoisotopic (exact) mass is 1120 g/mol. The van der Waals surface area contributed by atoms with Crippen molar-refractivity contribution in [2.24, 2.45) is 20.5 Å². The van der Waals surface area contributed by atoms with Crippen LogP contribution >= 0.6 is 0 Å². The van der Waals surface area contributed by atoms with Gasteiger partial charge in [-0.15, -0.1) is 20.5 Å². The fourth-order valence-corrected chi connectivity index (χ4v) is 10.4. The second-order valence-electron chi connectivity index (χ2n) is 18.2. The summed E-state index contributed by atoms with van der Waals surface area (Å²) in [7, 11) is -9.12. The summed E-state index contributed by atoms with van der Waals surface area (Å²) in [6.45, 7) is 10.0. The first-order chi connectivity index (χ1) is 38.3. The third-order valence-electron chi connectivity index (χ3n) is 12.7. The average molecular weight is 1130 g/mol. The van der Waals surface area contributed by atoms with Crippen molar-refractivity contribution >= 4 is 43.0 Å². The van der Waals surface area contributed by atoms with Gasteiger partial charge in [0.05, 0.1) is 6.61 Å². The van der Waals surface area contributed by atoms with E-state index in [1.807, 2.05) is 63.2 Å². The van der Waals surface area contributed by atoms with Crippen molar-refractivity contribution in [2.75, 3.05) is 33.0 Å². The van der Waals surface area contributed by atoms with E-state index in [2.05, 4.69) is 20.5 Å². The summed E-state index contributed by atoms with van der Waals surface area (Å²) in [5, 5.41) is 57.6. The van der Waals surface area contributed by atoms with Gasteiger partial charge in [-0.3, -0.25) is 18.7 Å². The van der Waals surface area contributed by atoms with Crippen molar-refractivity contribution < 1.29 is 49.6 Å². The number of hydrogen-bond acceptors (Lipinski definition) is 19. The van der Waals surface area contributed by atoms with E-state index in [1.54, 1.807) is 24.3 Å². The Labute approximate surface area is 462 Å². The number of azo groups is 2. The highest BCUT2D eigenvalue weighted by atomic mass is 32.2. The molecule has 0 unspecified atom stereocenters. The number of nitriles is 2. The topological polar surface area (TPSA) is 296 Å². The third-order valence-corrected chi connectivity index (χ3v) is 15.3. The van der Waals surface area contributed by atoms with E-state index in [4.69, 9.17) is 22.6 Å². The van der Waals surface area contributed by atoms with E-state index in [0.29, 0.717) is 32.0 Å². The molecule has 7 rings (SSSR count). The Bertz CT molecular complexity index is 3870. The highest BCUT2D eigenvalue weighted by Gasteiger charge is 2.28. The molecule has 80 heavy (non-hydrogen) atoms. The quantitative estimate of drug-likeness (QED) is 0.0305. The van der Waals surface area contributed by atoms with Gasteiger partial charge < -0.3 is 32.8 Å². The van der Waals surface area contributed by atoms with Crippen LogP contribution in [0.4, 0.5) is 22.7 Å². The number of para-hydroxylation sites is 1. The Morgan fingerprint density at radius 3 is 1.38 bits per heavy atom. The second-order valence-corrected chi connectivity index (χ2v) is 21.3. The predicted molar refractivity (Wildman–Crippen MR) is 294 cm³/mol. The first kappa shape index (κ1) is 58.7. The molecular weight excluding hydrogens is 1070 g/mol. The molecular formula is C57H56N8O13S2. The summed E-state index contributed by atoms with van der Waals surface area (Å²) in [4.78, 5) is 26.4. The molecule has 0 saturated heterocycles. The third kappa shape index (κ3) is 13.6. The SMILES string of the molecule is CCOCCCn1c(O)c(C#N)c(C)c(N=Nc2ccccc2S(=O)(=O)Oc2ccc(C(C)(C)c3ccc(OS(=O)(=O)c4ccccc4N=Nc4c(C)c(C#N)c(O)n(CCCOCCOc5ccccc5)c4=O)cc3)cc2)c1=O. The number of ether oxygens (including phenoxy) is 3. The Hall–Kier alpha value is -9.00. The zero-order valence-electron chi connectivity index (χ0n) is 44.3. The highest BCUT2D eigenvalue weighted by Crippen LogP contribution is 2.37. The number of benzene rings is 5. The molecule has 0 bridgehead atoms. The van der Waals surface area contributed by atoms with Crippen LogP contribution in [0.3, 0.4) is 0 Å². The van der Waals surface area contributed by atoms with Crippen molar-refractivity contribution in [1.29, 1.82) is 10.5 Å². The van der Waals surface area contributed by atoms with Crippen molar-refractivity contribution in [2.45, 2.75) is 75.8 Å². The lowest BCUT2D eigenvalue weighted by Crippen LogP contribution is -2.22. The molecule has 2 heterocycles. The molecule has 5 aromatic carbocycles. The normalized spacial score (nSPS) is 11.9. The minimum Gasteiger partial charge on any atom is -0.493 e. The molecule has 0 radical (unpaired) electrons. The molecule has 21 nitrogen and oxygen atoms in total. The smallest absolute Gasteiger partial charge is 0.341 e. The number of pyridine rings is 2. The van der Waals surface area contributed by atoms with Crippen LogP contribution in [0.25, 0.3) is 0 Å². The Balaban J connectivity index is 1.01. The number of aromatic nitrogens is 2. The van der Waals surface area contributed by atoms with Gasteiger partial charge in [0.15, 0.2) is 11.4 Å². The Morgan fingerprint density at radius 1 is 0.537 bits per heavy atom. The lowest BCUT2D eigenvalue weighted by Gasteiger charge is -2.26. The molecule has 0 atom stereocenters. The lowest BCUT2D eigenvalue weighted by molar-refractivity contribution is 0.0958. The van der Waals surface area contributed by atoms with Crippen LogP contribution in [0.1, 0.15) is 67.0 Å². The van der Waals surface area contributed by atoms with Gasteiger partial charge in [0.2, 0.25) is 11.8 Å². The van der Waals surface area contributed by atoms with E-state index in [-0.39, 0.29) is 99.0 Å². The first-order valence-electron chi connectivity index (χ1n) is 25.0. The minimum absolute atomic E-state index is 0.0249. The van der Waals surface area contributed by atoms with Gasteiger partial charge >= 0.3 is 20.2 Å². The summed E-state index contributed by atoms with van der Waals surface area (Å²) in [5.74, 6) is -0.450. The van der Waals surface area contributed by atoms with Crippen molar-refractivity contribution in [3.8, 4) is 41.1 Å². The number of aromatic hydroxyl groups is 2. The van der Waals surface area contributed by atoms with Crippen LogP contribution in [0.15, 0.2) is 167 Å². The van der Waals surface area contributed by atoms with Crippen LogP contribution < -0.4 is 24.2 Å². The maximum absolute atomic E-state index is 13.8. The average Bonchev–Trinajstić information content (AvgIpc) is 3.45. The van der Waals surface area contributed by atoms with Gasteiger partial charge in [-0.05, 0) is 105 Å². The van der Waals surface area contributed by atoms with Crippen molar-refractivity contribution in [3.63, 3.8) is 0 Å². The number of nitrogens with zero attached hydrogens (tertiary/aromatic N) is 8. The van der Waals surface area contributed by atoms with Gasteiger partial charge in [-0.1, -0.05) is 80.6 Å². The summed E-state index contributed by atoms with van der Waals surface area (Å²) in [6.07, 6.45) is 0.642. The molecule has 0 amide bonds. The van der Waals surface area contributed by atoms with Crippen LogP contribution in [0.5, 0.6) is 29.0 Å². The molecule has 0 spiro atoms. The van der Waals surface area contributed by atoms with Crippen molar-refractivity contribution in [1.82, 2.24) is 9.13 Å². The van der Waals surface area contributed by atoms with Gasteiger partial charge in [-0.2, -0.15) is 27.4 Å². The maximum atomic E-state index is 13.8. The van der Waals surface area contributed by atoms with Crippen LogP contribution in [-0.2, 0) is 48.2 Å². The van der Waals surface area contributed by atoms with E-state index >= 15 is 0 Å². The minimum atomic E-state index is -4.57. The van der Waals surface area contributed by atoms with E-state index < -0.39 is 48.5 Å². The summed E-state index contributed by atoms with van der Waals surface area (Å²) in [5.41, 5.74) is -1.92. The maximum Gasteiger partial charge on any atom is 0.341 e. The number of rotatable bonds is 25. The lowest BCUT2D eigenvalue weighted by atomic mass is 9.78. The van der Waals surface area contributed by atoms with E-state index in [0.717, 1.165) is 20.3 Å². The molecule has 2 aromatic heterocycles. The Morgan fingerprint density at radius 2 is 0.950 bits per heavy atom. The molecule has 7 aromatic rings. The standard InChI is InChI=1S/C57H56N8O13S2/c1-6-74-32-14-30-64-53(66)45(36-58)38(2)51(55(64)68)62-60-47-18-10-12-20-49(47)79(70,71)77-43-26-22-40(23-27-43)57(4,5)41-24-28-44(29-25-41)78-80(72,73)50-21-13-11-19-48(50)61-63-52-39(3)46(37-59)54(67)65(56(52)69)31-15-33-75-34-35-76-42-16-8-7-9-17-42/h7-13,16-29,66-67H,6,14-15,30-35H2,1-5H3. The van der Waals surface area contributed by atoms with Crippen LogP contribution in [0.2, 0.25) is 0 Å². The van der Waals surface area contributed by atoms with Crippen molar-refractivity contribution in [3.05, 3.63) is 181 Å². The molecule has 2 N–H and O–H groups in total. The molecule has 0 aliphatic heterocycles. The second kappa shape index (κ2) is 26.1. The molecule has 0 aliphatic rings. The molecule has 0 fully saturated rings. The zero-order chi connectivity index (χ0) is 57.6. The highest BCUT2D eigenvalue weighted by molar-refractivity contribution is 7.87. The van der Waals surface area contributed by atoms with Crippen LogP contribution in [0, 0.1) is 36.5 Å². The first-order valence-corrected chi connectivity index (χ1v) is 27.8. The fraction of sp³-hybridized carbons (Fsp3) is 0.263. The van der Waals surface area contributed by atoms with Gasteiger partial charge in [0.1, 0.15) is 68.3 Å². The number of hydrogen-bond donors (Lipinski definition) is 2. The Kier molecular flexibility index (Phi) is 19.1. The van der Waals surface area contributed by atoms with Gasteiger partial charge in [0, 0.05) is 49.5 Å².